The van der Waals surface area contributed by atoms with Gasteiger partial charge >= 0.3 is 0 Å². The van der Waals surface area contributed by atoms with Crippen LogP contribution in [-0.2, 0) is 0 Å². The first-order valence-corrected chi connectivity index (χ1v) is 11.4. The van der Waals surface area contributed by atoms with Crippen LogP contribution >= 0.6 is 0 Å². The summed E-state index contributed by atoms with van der Waals surface area (Å²) in [4.78, 5) is 27.3. The minimum atomic E-state index is 0.174. The predicted octanol–water partition coefficient (Wildman–Crippen LogP) is 4.66. The molecule has 0 fully saturated rings. The van der Waals surface area contributed by atoms with Gasteiger partial charge in [0.2, 0.25) is 35.4 Å². The van der Waals surface area contributed by atoms with Gasteiger partial charge in [0.1, 0.15) is 6.33 Å². The largest absolute Gasteiger partial charge is 0.418 e. The number of nitrogens with zero attached hydrogens (tertiary/aromatic N) is 5. The zero-order valence-corrected chi connectivity index (χ0v) is 19.7. The number of anilines is 6. The summed E-state index contributed by atoms with van der Waals surface area (Å²) in [6.07, 6.45) is 4.51. The molecule has 0 radical (unpaired) electrons. The Morgan fingerprint density at radius 2 is 1.08 bits per heavy atom. The van der Waals surface area contributed by atoms with Gasteiger partial charge in [-0.15, -0.1) is 0 Å². The maximum atomic E-state index is 6.09. The number of nitrogen functional groups attached to an aromatic ring is 2. The molecule has 2 aromatic heterocycles. The first-order valence-electron chi connectivity index (χ1n) is 11.4. The van der Waals surface area contributed by atoms with E-state index in [0.717, 1.165) is 11.4 Å². The second-order valence-electron chi connectivity index (χ2n) is 8.00. The molecule has 6 rings (SSSR count). The van der Waals surface area contributed by atoms with Crippen LogP contribution in [0.15, 0.2) is 79.4 Å². The minimum absolute atomic E-state index is 0.174. The van der Waals surface area contributed by atoms with Crippen LogP contribution in [0.1, 0.15) is 0 Å². The van der Waals surface area contributed by atoms with Crippen LogP contribution in [0.5, 0.6) is 23.5 Å². The van der Waals surface area contributed by atoms with E-state index in [-0.39, 0.29) is 35.4 Å². The topological polar surface area (TPSA) is 191 Å². The van der Waals surface area contributed by atoms with E-state index in [1.165, 1.54) is 6.33 Å². The molecule has 4 heterocycles. The zero-order chi connectivity index (χ0) is 25.9. The van der Waals surface area contributed by atoms with Gasteiger partial charge in [-0.3, -0.25) is 15.0 Å². The van der Waals surface area contributed by atoms with Gasteiger partial charge in [-0.25, -0.2) is 9.97 Å². The van der Waals surface area contributed by atoms with E-state index in [2.05, 4.69) is 45.5 Å². The molecule has 0 bridgehead atoms. The van der Waals surface area contributed by atoms with E-state index in [1.54, 1.807) is 12.4 Å². The molecular weight excluding hydrogens is 486 g/mol. The van der Waals surface area contributed by atoms with Gasteiger partial charge in [0.05, 0.1) is 11.1 Å². The van der Waals surface area contributed by atoms with Crippen LogP contribution in [0.2, 0.25) is 0 Å². The van der Waals surface area contributed by atoms with Crippen LogP contribution in [0, 0.1) is 0 Å². The summed E-state index contributed by atoms with van der Waals surface area (Å²) in [6.45, 7) is 0. The number of hydrogen-bond donors (Lipinski definition) is 6. The third-order valence-corrected chi connectivity index (χ3v) is 5.36. The number of aromatic nitrogens is 7. The van der Waals surface area contributed by atoms with Crippen molar-refractivity contribution in [2.75, 3.05) is 22.1 Å². The van der Waals surface area contributed by atoms with Gasteiger partial charge in [-0.1, -0.05) is 36.4 Å². The molecule has 0 saturated heterocycles. The van der Waals surface area contributed by atoms with Crippen molar-refractivity contribution in [3.8, 4) is 34.6 Å². The van der Waals surface area contributed by atoms with Crippen molar-refractivity contribution in [3.63, 3.8) is 0 Å². The third-order valence-electron chi connectivity index (χ3n) is 5.36. The third kappa shape index (κ3) is 4.66. The Kier molecular flexibility index (Phi) is 5.74. The summed E-state index contributed by atoms with van der Waals surface area (Å²) < 4.78 is 12.2. The molecule has 0 aliphatic carbocycles. The number of nitrogens with one attached hydrogen (secondary N) is 4. The lowest BCUT2D eigenvalue weighted by atomic mass is 10.2. The smallest absolute Gasteiger partial charge is 0.245 e. The van der Waals surface area contributed by atoms with Gasteiger partial charge < -0.3 is 31.6 Å². The standard InChI is InChI=1S/C25H21N11O2/c26-24-33-18(31-14-7-3-1-4-8-14)22(35-24)37-20-16-11-28-12-17(16)21(30-13-29-20)38-23-19(34-25(27)36-23)32-15-9-5-2-6-10-15/h1-13,31-32H,(H3,26,33,35)(H3,27,34,36). The average Bonchev–Trinajstić information content (AvgIpc) is 3.60. The lowest BCUT2D eigenvalue weighted by molar-refractivity contribution is 0.452. The fourth-order valence-electron chi connectivity index (χ4n) is 3.68. The molecule has 8 N–H and O–H groups in total. The molecule has 0 amide bonds. The van der Waals surface area contributed by atoms with Crippen LogP contribution in [0.4, 0.5) is 34.9 Å². The molecule has 13 nitrogen and oxygen atoms in total. The Balaban J connectivity index is 1.28. The molecule has 0 saturated carbocycles. The van der Waals surface area contributed by atoms with E-state index < -0.39 is 0 Å². The van der Waals surface area contributed by atoms with Crippen molar-refractivity contribution < 1.29 is 9.47 Å². The Morgan fingerprint density at radius 3 is 1.53 bits per heavy atom. The maximum absolute atomic E-state index is 6.09. The monoisotopic (exact) mass is 507 g/mol. The number of ether oxygens (including phenoxy) is 2. The number of fused-ring (bicyclic) bond motifs is 1. The van der Waals surface area contributed by atoms with E-state index >= 15 is 0 Å². The molecule has 2 aromatic carbocycles. The summed E-state index contributed by atoms with van der Waals surface area (Å²) in [6, 6.07) is 19.0. The minimum Gasteiger partial charge on any atom is -0.418 e. The molecular formula is C25H21N11O2. The lowest BCUT2D eigenvalue weighted by Crippen LogP contribution is -1.96. The Labute approximate surface area is 215 Å². The summed E-state index contributed by atoms with van der Waals surface area (Å²) in [5.41, 5.74) is 14.5. The van der Waals surface area contributed by atoms with Crippen LogP contribution in [-0.4, -0.2) is 34.9 Å². The number of rotatable bonds is 8. The van der Waals surface area contributed by atoms with Crippen LogP contribution in [0.3, 0.4) is 0 Å². The second kappa shape index (κ2) is 9.66. The van der Waals surface area contributed by atoms with Crippen LogP contribution < -0.4 is 31.6 Å². The molecule has 13 heteroatoms. The Morgan fingerprint density at radius 1 is 0.632 bits per heavy atom. The summed E-state index contributed by atoms with van der Waals surface area (Å²) >= 11 is 0. The van der Waals surface area contributed by atoms with Crippen molar-refractivity contribution in [1.29, 1.82) is 0 Å². The number of H-pyrrole nitrogens is 2. The van der Waals surface area contributed by atoms with Crippen molar-refractivity contribution in [3.05, 3.63) is 79.4 Å². The van der Waals surface area contributed by atoms with Crippen molar-refractivity contribution in [2.24, 2.45) is 0 Å². The average molecular weight is 508 g/mol. The number of aromatic amines is 2. The highest BCUT2D eigenvalue weighted by molar-refractivity contribution is 5.74. The Bertz CT molecular complexity index is 1530. The summed E-state index contributed by atoms with van der Waals surface area (Å²) in [5.74, 6) is 2.10. The normalized spacial score (nSPS) is 10.8. The van der Waals surface area contributed by atoms with E-state index in [9.17, 15) is 0 Å². The molecule has 0 atom stereocenters. The number of benzene rings is 2. The van der Waals surface area contributed by atoms with Crippen molar-refractivity contribution in [1.82, 2.24) is 34.9 Å². The first kappa shape index (κ1) is 22.6. The molecule has 38 heavy (non-hydrogen) atoms. The highest BCUT2D eigenvalue weighted by Gasteiger charge is 2.22. The van der Waals surface area contributed by atoms with Crippen molar-refractivity contribution in [2.45, 2.75) is 0 Å². The van der Waals surface area contributed by atoms with Gasteiger partial charge in [0, 0.05) is 23.8 Å². The van der Waals surface area contributed by atoms with Gasteiger partial charge in [-0.2, -0.15) is 9.97 Å². The van der Waals surface area contributed by atoms with E-state index in [1.807, 2.05) is 60.7 Å². The van der Waals surface area contributed by atoms with Crippen molar-refractivity contribution >= 4 is 34.9 Å². The fourth-order valence-corrected chi connectivity index (χ4v) is 3.68. The van der Waals surface area contributed by atoms with Gasteiger partial charge in [0.25, 0.3) is 0 Å². The van der Waals surface area contributed by atoms with E-state index in [4.69, 9.17) is 20.9 Å². The zero-order valence-electron chi connectivity index (χ0n) is 19.7. The molecule has 4 aromatic rings. The molecule has 2 aliphatic heterocycles. The number of imidazole rings is 2. The van der Waals surface area contributed by atoms with E-state index in [0.29, 0.717) is 22.8 Å². The van der Waals surface area contributed by atoms with Gasteiger partial charge in [-0.05, 0) is 24.3 Å². The summed E-state index contributed by atoms with van der Waals surface area (Å²) in [5, 5.41) is 6.35. The number of para-hydroxylation sites is 2. The highest BCUT2D eigenvalue weighted by atomic mass is 16.5. The molecule has 0 unspecified atom stereocenters. The highest BCUT2D eigenvalue weighted by Crippen LogP contribution is 2.40. The number of nitrogens with two attached hydrogens (primary N) is 2. The Hall–Kier alpha value is -5.85. The fraction of sp³-hybridized carbons (Fsp3) is 0. The SMILES string of the molecule is Nc1nc(Nc2ccccc2)c(Oc2ncnc(Oc3[nH]c(N)nc3Nc3ccccc3)c3cncc2-3)[nH]1. The predicted molar refractivity (Wildman–Crippen MR) is 142 cm³/mol. The maximum Gasteiger partial charge on any atom is 0.245 e. The van der Waals surface area contributed by atoms with Crippen LogP contribution in [0.25, 0.3) is 11.1 Å². The van der Waals surface area contributed by atoms with Gasteiger partial charge in [0.15, 0.2) is 11.6 Å². The lowest BCUT2D eigenvalue weighted by Gasteiger charge is -2.09. The summed E-state index contributed by atoms with van der Waals surface area (Å²) in [7, 11) is 0. The molecule has 188 valence electrons. The number of hydrogen-bond acceptors (Lipinski definition) is 11. The second-order valence-corrected chi connectivity index (χ2v) is 8.00. The molecule has 2 aliphatic rings. The molecule has 0 spiro atoms. The quantitative estimate of drug-likeness (QED) is 0.168. The first-order chi connectivity index (χ1) is 18.6.